The van der Waals surface area contributed by atoms with Crippen LogP contribution in [0.15, 0.2) is 103 Å². The Labute approximate surface area is 431 Å². The summed E-state index contributed by atoms with van der Waals surface area (Å²) in [7, 11) is 0. The highest BCUT2D eigenvalue weighted by molar-refractivity contribution is 6.25. The van der Waals surface area contributed by atoms with Gasteiger partial charge in [-0.1, -0.05) is 55.5 Å². The number of aliphatic carboxylic acids is 1. The minimum atomic E-state index is -1.25. The molecule has 4 heterocycles. The van der Waals surface area contributed by atoms with E-state index >= 15 is 0 Å². The summed E-state index contributed by atoms with van der Waals surface area (Å²) in [5.41, 5.74) is 5.59. The zero-order chi connectivity index (χ0) is 53.2. The van der Waals surface area contributed by atoms with Crippen molar-refractivity contribution in [1.29, 1.82) is 0 Å². The SMILES string of the molecule is CC(C)c1c(C(=O)Nc2ccccc2)c(-c2cccc(OCCCc3cn(CCOCCNc4cccc5c4C(=O)N(C4CCC(=O)NC4=O)C5=O)nn3)c2)c(-c2ccc(F)cc2)n1CC[C@@H](O)C[C@@H](O)CC(=O)O. The lowest BCUT2D eigenvalue weighted by Crippen LogP contribution is -2.54. The predicted molar refractivity (Wildman–Crippen MR) is 274 cm³/mol. The van der Waals surface area contributed by atoms with Crippen molar-refractivity contribution in [3.05, 3.63) is 137 Å². The standard InChI is InChI=1S/C55H59FN8O11/c1-33(2)50-49(53(71)58-37-10-4-3-5-11-37)47(51(34-16-18-36(56)19-17-34)63(50)24-22-39(65)30-40(66)31-46(68)69)35-9-6-13-41(29-35)75-26-8-12-38-32-62(61-60-38)25-28-74-27-23-57-43-15-7-14-42-48(43)55(73)64(54(42)72)44-20-21-45(67)59-52(44)70/h3-7,9-11,13-19,29,32-33,39-40,44,57,65-66H,8,12,20-28,30-31H2,1-2H3,(H,58,71)(H,68,69)(H,59,67,70)/t39-,40-,44?/m1/s1. The van der Waals surface area contributed by atoms with Crippen LogP contribution in [0.5, 0.6) is 5.75 Å². The van der Waals surface area contributed by atoms with E-state index in [1.807, 2.05) is 67.1 Å². The minimum absolute atomic E-state index is 0.0327. The second-order valence-corrected chi connectivity index (χ2v) is 18.7. The third kappa shape index (κ3) is 12.8. The number of benzene rings is 4. The number of imide groups is 2. The number of hydrogen-bond donors (Lipinski definition) is 6. The molecule has 4 aromatic carbocycles. The Hall–Kier alpha value is -8.07. The molecule has 0 spiro atoms. The Kier molecular flexibility index (Phi) is 17.3. The van der Waals surface area contributed by atoms with Crippen molar-refractivity contribution >= 4 is 46.9 Å². The van der Waals surface area contributed by atoms with Gasteiger partial charge in [0, 0.05) is 48.3 Å². The topological polar surface area (TPSA) is 257 Å². The molecule has 5 amide bonds. The second kappa shape index (κ2) is 24.3. The second-order valence-electron chi connectivity index (χ2n) is 18.7. The van der Waals surface area contributed by atoms with E-state index in [0.29, 0.717) is 89.9 Å². The molecule has 6 N–H and O–H groups in total. The smallest absolute Gasteiger partial charge is 0.305 e. The average Bonchev–Trinajstić information content (AvgIpc) is 4.08. The number of aliphatic hydroxyl groups excluding tert-OH is 2. The van der Waals surface area contributed by atoms with Gasteiger partial charge in [0.05, 0.1) is 73.1 Å². The lowest BCUT2D eigenvalue weighted by atomic mass is 9.94. The molecule has 1 fully saturated rings. The fraction of sp³-hybridized carbons (Fsp3) is 0.345. The number of carbonyl (C=O) groups excluding carboxylic acids is 5. The summed E-state index contributed by atoms with van der Waals surface area (Å²) >= 11 is 0. The fourth-order valence-electron chi connectivity index (χ4n) is 9.53. The number of aryl methyl sites for hydroxylation is 1. The van der Waals surface area contributed by atoms with E-state index in [9.17, 15) is 48.5 Å². The molecule has 1 unspecified atom stereocenters. The average molecular weight is 1030 g/mol. The van der Waals surface area contributed by atoms with Crippen LogP contribution >= 0.6 is 0 Å². The molecule has 0 aliphatic carbocycles. The van der Waals surface area contributed by atoms with Crippen LogP contribution in [0.3, 0.4) is 0 Å². The van der Waals surface area contributed by atoms with E-state index in [1.165, 1.54) is 18.2 Å². The van der Waals surface area contributed by atoms with Crippen LogP contribution in [0.4, 0.5) is 15.8 Å². The number of ether oxygens (including phenoxy) is 2. The molecule has 392 valence electrons. The Morgan fingerprint density at radius 2 is 1.64 bits per heavy atom. The van der Waals surface area contributed by atoms with E-state index in [4.69, 9.17) is 9.47 Å². The molecule has 0 radical (unpaired) electrons. The van der Waals surface area contributed by atoms with Crippen molar-refractivity contribution in [3.63, 3.8) is 0 Å². The number of piperidine rings is 1. The van der Waals surface area contributed by atoms with Crippen LogP contribution in [-0.2, 0) is 38.6 Å². The third-order valence-corrected chi connectivity index (χ3v) is 12.9. The highest BCUT2D eigenvalue weighted by Crippen LogP contribution is 2.44. The lowest BCUT2D eigenvalue weighted by molar-refractivity contribution is -0.140. The molecule has 2 aliphatic heterocycles. The van der Waals surface area contributed by atoms with Crippen LogP contribution in [0.1, 0.15) is 101 Å². The number of fused-ring (bicyclic) bond motifs is 1. The first kappa shape index (κ1) is 53.2. The van der Waals surface area contributed by atoms with Gasteiger partial charge in [-0.3, -0.25) is 39.0 Å². The number of nitrogens with one attached hydrogen (secondary N) is 3. The summed E-state index contributed by atoms with van der Waals surface area (Å²) in [4.78, 5) is 77.5. The van der Waals surface area contributed by atoms with Gasteiger partial charge in [-0.15, -0.1) is 5.10 Å². The Morgan fingerprint density at radius 1 is 0.867 bits per heavy atom. The number of rotatable bonds is 25. The van der Waals surface area contributed by atoms with Crippen LogP contribution in [-0.4, -0.2) is 120 Å². The van der Waals surface area contributed by atoms with Crippen LogP contribution in [0.25, 0.3) is 22.4 Å². The zero-order valence-electron chi connectivity index (χ0n) is 41.5. The van der Waals surface area contributed by atoms with Gasteiger partial charge in [-0.2, -0.15) is 0 Å². The molecular formula is C55H59FN8O11. The number of amides is 5. The summed E-state index contributed by atoms with van der Waals surface area (Å²) in [5.74, 6) is -3.99. The van der Waals surface area contributed by atoms with Gasteiger partial charge in [0.2, 0.25) is 11.8 Å². The number of hydrogen-bond acceptors (Lipinski definition) is 13. The van der Waals surface area contributed by atoms with Gasteiger partial charge >= 0.3 is 5.97 Å². The van der Waals surface area contributed by atoms with Gasteiger partial charge in [-0.05, 0) is 110 Å². The number of halogens is 1. The number of carboxylic acids is 1. The van der Waals surface area contributed by atoms with Gasteiger partial charge in [0.25, 0.3) is 17.7 Å². The van der Waals surface area contributed by atoms with Crippen LogP contribution in [0.2, 0.25) is 0 Å². The number of aliphatic hydroxyl groups is 2. The minimum Gasteiger partial charge on any atom is -0.494 e. The number of carboxylic acid groups (broad SMARTS) is 1. The molecule has 0 saturated carbocycles. The van der Waals surface area contributed by atoms with E-state index in [-0.39, 0.29) is 61.8 Å². The van der Waals surface area contributed by atoms with Crippen LogP contribution < -0.4 is 20.7 Å². The quantitative estimate of drug-likeness (QED) is 0.0266. The largest absolute Gasteiger partial charge is 0.494 e. The van der Waals surface area contributed by atoms with E-state index in [1.54, 1.807) is 41.1 Å². The van der Waals surface area contributed by atoms with E-state index < -0.39 is 60.1 Å². The summed E-state index contributed by atoms with van der Waals surface area (Å²) in [6, 6.07) is 26.2. The summed E-state index contributed by atoms with van der Waals surface area (Å²) < 4.78 is 30.2. The summed E-state index contributed by atoms with van der Waals surface area (Å²) in [5, 5.41) is 47.5. The number of nitrogens with zero attached hydrogens (tertiary/aromatic N) is 5. The fourth-order valence-corrected chi connectivity index (χ4v) is 9.53. The van der Waals surface area contributed by atoms with Gasteiger partial charge < -0.3 is 40.0 Å². The Bertz CT molecular complexity index is 3050. The number of carbonyl (C=O) groups is 6. The molecule has 0 bridgehead atoms. The van der Waals surface area contributed by atoms with E-state index in [0.717, 1.165) is 10.6 Å². The maximum absolute atomic E-state index is 14.7. The summed E-state index contributed by atoms with van der Waals surface area (Å²) in [6.07, 6.45) is 0.211. The van der Waals surface area contributed by atoms with E-state index in [2.05, 4.69) is 26.3 Å². The lowest BCUT2D eigenvalue weighted by Gasteiger charge is -2.27. The molecule has 20 heteroatoms. The maximum atomic E-state index is 14.7. The van der Waals surface area contributed by atoms with Crippen molar-refractivity contribution in [2.24, 2.45) is 0 Å². The highest BCUT2D eigenvalue weighted by atomic mass is 19.1. The van der Waals surface area contributed by atoms with Crippen molar-refractivity contribution < 1.29 is 58.0 Å². The molecule has 19 nitrogen and oxygen atoms in total. The number of anilines is 2. The first-order chi connectivity index (χ1) is 36.2. The van der Waals surface area contributed by atoms with Crippen molar-refractivity contribution in [3.8, 4) is 28.1 Å². The summed E-state index contributed by atoms with van der Waals surface area (Å²) in [6.45, 7) is 5.76. The molecule has 2 aliphatic rings. The molecule has 6 aromatic rings. The normalized spacial score (nSPS) is 15.2. The van der Waals surface area contributed by atoms with Gasteiger partial charge in [0.15, 0.2) is 0 Å². The van der Waals surface area contributed by atoms with Crippen molar-refractivity contribution in [2.75, 3.05) is 37.0 Å². The Balaban J connectivity index is 0.899. The first-order valence-electron chi connectivity index (χ1n) is 24.9. The first-order valence-corrected chi connectivity index (χ1v) is 24.9. The van der Waals surface area contributed by atoms with Crippen molar-refractivity contribution in [2.45, 2.75) is 96.1 Å². The zero-order valence-corrected chi connectivity index (χ0v) is 41.5. The van der Waals surface area contributed by atoms with Crippen molar-refractivity contribution in [1.82, 2.24) is 29.8 Å². The number of aromatic nitrogens is 4. The molecule has 75 heavy (non-hydrogen) atoms. The Morgan fingerprint density at radius 3 is 2.39 bits per heavy atom. The van der Waals surface area contributed by atoms with Crippen LogP contribution in [0, 0.1) is 5.82 Å². The third-order valence-electron chi connectivity index (χ3n) is 12.9. The number of para-hydroxylation sites is 1. The molecule has 3 atom stereocenters. The molecule has 2 aromatic heterocycles. The maximum Gasteiger partial charge on any atom is 0.305 e. The predicted octanol–water partition coefficient (Wildman–Crippen LogP) is 6.45. The monoisotopic (exact) mass is 1030 g/mol. The molecule has 1 saturated heterocycles. The molecule has 8 rings (SSSR count). The van der Waals surface area contributed by atoms with Gasteiger partial charge in [0.1, 0.15) is 17.6 Å². The molecular weight excluding hydrogens is 968 g/mol. The highest BCUT2D eigenvalue weighted by Gasteiger charge is 2.45. The van der Waals surface area contributed by atoms with Gasteiger partial charge in [-0.25, -0.2) is 9.07 Å².